The molecule has 45 heavy (non-hydrogen) atoms. The molecule has 1 unspecified atom stereocenters. The Morgan fingerprint density at radius 2 is 1.07 bits per heavy atom. The normalized spacial score (nSPS) is 12.3. The average Bonchev–Trinajstić information content (AvgIpc) is 2.98. The van der Waals surface area contributed by atoms with Crippen LogP contribution in [0.15, 0.2) is 0 Å². The fourth-order valence-electron chi connectivity index (χ4n) is 5.65. The lowest BCUT2D eigenvalue weighted by Gasteiger charge is -2.33. The maximum absolute atomic E-state index is 12.2. The Morgan fingerprint density at radius 1 is 0.600 bits per heavy atom. The van der Waals surface area contributed by atoms with Crippen molar-refractivity contribution in [1.29, 1.82) is 0 Å². The molecule has 0 aromatic heterocycles. The van der Waals surface area contributed by atoms with E-state index in [0.29, 0.717) is 32.5 Å². The molecule has 0 saturated carbocycles. The standard InChI is InChI=1S/C36H73N5O4/c1-4-5-6-7-8-9-10-11-12-13-14-15-16-17-18-19-20-21-24-27-35(43)39-31-30-38-34(40-36(44)29-28-33(37)42)26-23-22-25-32-41(2,3)45/h34,38H,4-32H2,1-3H3,(H2,37,42)(H,39,43)(H,40,44). The zero-order valence-electron chi connectivity index (χ0n) is 29.7. The Labute approximate surface area is 277 Å². The molecule has 0 heterocycles. The number of unbranched alkanes of at least 4 members (excludes halogenated alkanes) is 20. The second-order valence-corrected chi connectivity index (χ2v) is 13.7. The minimum absolute atomic E-state index is 0.0184. The molecule has 0 bridgehead atoms. The van der Waals surface area contributed by atoms with E-state index in [1.54, 1.807) is 14.1 Å². The number of nitrogens with two attached hydrogens (primary N) is 1. The maximum Gasteiger partial charge on any atom is 0.221 e. The highest BCUT2D eigenvalue weighted by atomic mass is 16.5. The van der Waals surface area contributed by atoms with Crippen molar-refractivity contribution in [3.05, 3.63) is 5.21 Å². The van der Waals surface area contributed by atoms with Crippen LogP contribution in [0.5, 0.6) is 0 Å². The van der Waals surface area contributed by atoms with Gasteiger partial charge in [-0.1, -0.05) is 122 Å². The van der Waals surface area contributed by atoms with Gasteiger partial charge in [-0.2, -0.15) is 0 Å². The lowest BCUT2D eigenvalue weighted by atomic mass is 10.0. The molecule has 0 aliphatic rings. The number of carbonyl (C=O) groups excluding carboxylic acids is 3. The molecule has 9 heteroatoms. The monoisotopic (exact) mass is 640 g/mol. The third-order valence-electron chi connectivity index (χ3n) is 8.47. The third-order valence-corrected chi connectivity index (χ3v) is 8.47. The van der Waals surface area contributed by atoms with Crippen LogP contribution in [0, 0.1) is 5.21 Å². The second-order valence-electron chi connectivity index (χ2n) is 13.7. The van der Waals surface area contributed by atoms with Gasteiger partial charge in [0.25, 0.3) is 0 Å². The summed E-state index contributed by atoms with van der Waals surface area (Å²) < 4.78 is -0.301. The van der Waals surface area contributed by atoms with Gasteiger partial charge in [-0.25, -0.2) is 0 Å². The van der Waals surface area contributed by atoms with Crippen LogP contribution >= 0.6 is 0 Å². The molecular formula is C36H73N5O4. The summed E-state index contributed by atoms with van der Waals surface area (Å²) in [6.07, 6.45) is 29.1. The molecule has 0 saturated heterocycles. The van der Waals surface area contributed by atoms with Crippen molar-refractivity contribution in [2.24, 2.45) is 5.73 Å². The third kappa shape index (κ3) is 35.0. The number of hydroxylamine groups is 3. The smallest absolute Gasteiger partial charge is 0.221 e. The highest BCUT2D eigenvalue weighted by molar-refractivity contribution is 5.82. The summed E-state index contributed by atoms with van der Waals surface area (Å²) in [5.41, 5.74) is 5.16. The van der Waals surface area contributed by atoms with Crippen LogP contribution in [-0.2, 0) is 14.4 Å². The summed E-state index contributed by atoms with van der Waals surface area (Å²) in [5, 5.41) is 20.9. The van der Waals surface area contributed by atoms with Crippen LogP contribution in [0.2, 0.25) is 0 Å². The largest absolute Gasteiger partial charge is 0.633 e. The fourth-order valence-corrected chi connectivity index (χ4v) is 5.65. The minimum atomic E-state index is -0.499. The van der Waals surface area contributed by atoms with E-state index in [1.165, 1.54) is 109 Å². The van der Waals surface area contributed by atoms with Crippen LogP contribution in [0.3, 0.4) is 0 Å². The molecule has 0 aromatic rings. The van der Waals surface area contributed by atoms with Crippen molar-refractivity contribution in [2.75, 3.05) is 33.7 Å². The van der Waals surface area contributed by atoms with Crippen LogP contribution in [0.4, 0.5) is 0 Å². The van der Waals surface area contributed by atoms with Crippen molar-refractivity contribution in [2.45, 2.75) is 180 Å². The molecule has 0 fully saturated rings. The molecule has 0 radical (unpaired) electrons. The molecule has 266 valence electrons. The zero-order chi connectivity index (χ0) is 33.4. The first-order valence-corrected chi connectivity index (χ1v) is 18.8. The first-order chi connectivity index (χ1) is 21.6. The van der Waals surface area contributed by atoms with Crippen LogP contribution in [0.25, 0.3) is 0 Å². The molecule has 0 aliphatic carbocycles. The number of nitrogens with zero attached hydrogens (tertiary/aromatic N) is 1. The quantitative estimate of drug-likeness (QED) is 0.0252. The van der Waals surface area contributed by atoms with Gasteiger partial charge in [0.15, 0.2) is 0 Å². The number of primary amides is 1. The van der Waals surface area contributed by atoms with Gasteiger partial charge in [0.05, 0.1) is 26.8 Å². The number of amides is 3. The summed E-state index contributed by atoms with van der Waals surface area (Å²) in [6.45, 7) is 3.87. The van der Waals surface area contributed by atoms with Gasteiger partial charge in [0.2, 0.25) is 17.7 Å². The van der Waals surface area contributed by atoms with Crippen molar-refractivity contribution < 1.29 is 19.0 Å². The van der Waals surface area contributed by atoms with E-state index >= 15 is 0 Å². The average molecular weight is 640 g/mol. The second kappa shape index (κ2) is 30.9. The van der Waals surface area contributed by atoms with Crippen molar-refractivity contribution in [3.8, 4) is 0 Å². The van der Waals surface area contributed by atoms with Gasteiger partial charge < -0.3 is 26.2 Å². The molecule has 1 atom stereocenters. The Hall–Kier alpha value is -1.71. The van der Waals surface area contributed by atoms with E-state index in [1.807, 2.05) is 0 Å². The lowest BCUT2D eigenvalue weighted by molar-refractivity contribution is -0.840. The highest BCUT2D eigenvalue weighted by Gasteiger charge is 2.13. The first-order valence-electron chi connectivity index (χ1n) is 18.8. The van der Waals surface area contributed by atoms with Gasteiger partial charge in [0, 0.05) is 32.4 Å². The van der Waals surface area contributed by atoms with Gasteiger partial charge in [-0.15, -0.1) is 0 Å². The summed E-state index contributed by atoms with van der Waals surface area (Å²) in [4.78, 5) is 35.4. The van der Waals surface area contributed by atoms with E-state index in [-0.39, 0.29) is 35.5 Å². The number of quaternary nitrogens is 1. The number of nitrogens with one attached hydrogen (secondary N) is 3. The van der Waals surface area contributed by atoms with Gasteiger partial charge in [-0.3, -0.25) is 19.7 Å². The number of hydrogen-bond acceptors (Lipinski definition) is 5. The van der Waals surface area contributed by atoms with E-state index in [0.717, 1.165) is 32.1 Å². The number of rotatable bonds is 34. The molecule has 0 aliphatic heterocycles. The zero-order valence-corrected chi connectivity index (χ0v) is 29.7. The highest BCUT2D eigenvalue weighted by Crippen LogP contribution is 2.15. The molecule has 0 rings (SSSR count). The van der Waals surface area contributed by atoms with Crippen molar-refractivity contribution >= 4 is 17.7 Å². The Morgan fingerprint density at radius 3 is 1.53 bits per heavy atom. The van der Waals surface area contributed by atoms with Crippen molar-refractivity contribution in [3.63, 3.8) is 0 Å². The topological polar surface area (TPSA) is 136 Å². The predicted octanol–water partition coefficient (Wildman–Crippen LogP) is 7.36. The lowest BCUT2D eigenvalue weighted by Crippen LogP contribution is -2.47. The van der Waals surface area contributed by atoms with Crippen LogP contribution in [0.1, 0.15) is 174 Å². The minimum Gasteiger partial charge on any atom is -0.633 e. The summed E-state index contributed by atoms with van der Waals surface area (Å²) in [6, 6.07) is 0. The summed E-state index contributed by atoms with van der Waals surface area (Å²) in [5.74, 6) is -0.651. The van der Waals surface area contributed by atoms with Crippen LogP contribution < -0.4 is 21.7 Å². The van der Waals surface area contributed by atoms with Gasteiger partial charge >= 0.3 is 0 Å². The maximum atomic E-state index is 12.2. The predicted molar refractivity (Wildman–Crippen MR) is 188 cm³/mol. The van der Waals surface area contributed by atoms with E-state index in [2.05, 4.69) is 22.9 Å². The fraction of sp³-hybridized carbons (Fsp3) is 0.917. The molecule has 0 aromatic carbocycles. The Bertz CT molecular complexity index is 714. The molecule has 5 N–H and O–H groups in total. The molecule has 0 spiro atoms. The Kier molecular flexibility index (Phi) is 29.7. The van der Waals surface area contributed by atoms with Crippen LogP contribution in [-0.4, -0.2) is 62.3 Å². The summed E-state index contributed by atoms with van der Waals surface area (Å²) in [7, 11) is 3.28. The molecule has 9 nitrogen and oxygen atoms in total. The SMILES string of the molecule is CCCCCCCCCCCCCCCCCCCCCC(=O)NCCNC(CCCCC[N+](C)(C)[O-])NC(=O)CCC(N)=O. The van der Waals surface area contributed by atoms with Gasteiger partial charge in [0.1, 0.15) is 0 Å². The first kappa shape index (κ1) is 43.3. The molecular weight excluding hydrogens is 566 g/mol. The Balaban J connectivity index is 3.75. The number of hydrogen-bond donors (Lipinski definition) is 4. The van der Waals surface area contributed by atoms with Gasteiger partial charge in [-0.05, 0) is 32.1 Å². The molecule has 3 amide bonds. The van der Waals surface area contributed by atoms with E-state index in [4.69, 9.17) is 5.73 Å². The van der Waals surface area contributed by atoms with E-state index < -0.39 is 5.91 Å². The summed E-state index contributed by atoms with van der Waals surface area (Å²) >= 11 is 0. The van der Waals surface area contributed by atoms with Crippen molar-refractivity contribution in [1.82, 2.24) is 16.0 Å². The number of carbonyl (C=O) groups is 3. The van der Waals surface area contributed by atoms with E-state index in [9.17, 15) is 19.6 Å².